The van der Waals surface area contributed by atoms with Crippen LogP contribution in [-0.4, -0.2) is 13.3 Å². The molecule has 0 amide bonds. The van der Waals surface area contributed by atoms with Gasteiger partial charge in [0.05, 0.1) is 0 Å². The molecule has 2 N–H and O–H groups in total. The first-order valence-corrected chi connectivity index (χ1v) is 8.76. The van der Waals surface area contributed by atoms with Crippen molar-refractivity contribution in [1.29, 1.82) is 5.41 Å². The van der Waals surface area contributed by atoms with E-state index < -0.39 is 0 Å². The maximum atomic E-state index is 7.79. The molecular weight excluding hydrogens is 292 g/mol. The summed E-state index contributed by atoms with van der Waals surface area (Å²) in [5.74, 6) is 0.452. The monoisotopic (exact) mass is 326 g/mol. The molecule has 0 aliphatic rings. The zero-order valence-corrected chi connectivity index (χ0v) is 16.2. The van der Waals surface area contributed by atoms with E-state index in [1.165, 1.54) is 6.21 Å². The van der Waals surface area contributed by atoms with Crippen molar-refractivity contribution in [3.8, 4) is 0 Å². The van der Waals surface area contributed by atoms with Crippen molar-refractivity contribution in [2.45, 2.75) is 47.5 Å². The van der Waals surface area contributed by atoms with E-state index in [0.29, 0.717) is 5.92 Å². The van der Waals surface area contributed by atoms with Crippen LogP contribution in [-0.2, 0) is 0 Å². The van der Waals surface area contributed by atoms with E-state index in [2.05, 4.69) is 63.0 Å². The van der Waals surface area contributed by atoms with E-state index in [1.807, 2.05) is 27.0 Å². The quantitative estimate of drug-likeness (QED) is 0.368. The number of hydrogen-bond acceptors (Lipinski definition) is 2. The standard InChI is InChI=1S/C22H34N2/c1-8-12-19(10-3)21(14-18(6)24-7)15-20(11-4)22(16-23)13-17(5)9-2/h10-17,23-24H,3,8-9H2,1-2,4-7H3/b18-14+,19-12+,20-11+,21-15-,22-13+,23-16?. The van der Waals surface area contributed by atoms with Gasteiger partial charge in [0.15, 0.2) is 0 Å². The fourth-order valence-electron chi connectivity index (χ4n) is 2.21. The summed E-state index contributed by atoms with van der Waals surface area (Å²) in [6.45, 7) is 14.5. The van der Waals surface area contributed by atoms with Crippen molar-refractivity contribution in [3.05, 3.63) is 71.0 Å². The molecule has 0 radical (unpaired) electrons. The summed E-state index contributed by atoms with van der Waals surface area (Å²) < 4.78 is 0. The van der Waals surface area contributed by atoms with Crippen LogP contribution in [0.3, 0.4) is 0 Å². The molecule has 132 valence electrons. The van der Waals surface area contributed by atoms with Crippen molar-refractivity contribution in [2.75, 3.05) is 7.05 Å². The summed E-state index contributed by atoms with van der Waals surface area (Å²) in [5, 5.41) is 11.0. The summed E-state index contributed by atoms with van der Waals surface area (Å²) in [6.07, 6.45) is 16.0. The molecule has 0 spiro atoms. The molecule has 24 heavy (non-hydrogen) atoms. The van der Waals surface area contributed by atoms with E-state index in [1.54, 1.807) is 0 Å². The third-order valence-electron chi connectivity index (χ3n) is 3.96. The lowest BCUT2D eigenvalue weighted by Gasteiger charge is -2.11. The third-order valence-corrected chi connectivity index (χ3v) is 3.96. The van der Waals surface area contributed by atoms with Crippen molar-refractivity contribution >= 4 is 6.21 Å². The molecule has 0 aliphatic heterocycles. The van der Waals surface area contributed by atoms with Crippen molar-refractivity contribution in [1.82, 2.24) is 5.32 Å². The number of rotatable bonds is 10. The molecule has 2 heteroatoms. The Balaban J connectivity index is 6.15. The SMILES string of the molecule is C=CC(=C\CC)/C(=C\C(=C/C)C(\C=N)=C\C(C)CC)/C=C(\C)NC. The molecule has 2 nitrogen and oxygen atoms in total. The Kier molecular flexibility index (Phi) is 11.3. The lowest BCUT2D eigenvalue weighted by atomic mass is 9.95. The van der Waals surface area contributed by atoms with Crippen LogP contribution in [0.15, 0.2) is 71.0 Å². The van der Waals surface area contributed by atoms with E-state index >= 15 is 0 Å². The summed E-state index contributed by atoms with van der Waals surface area (Å²) in [7, 11) is 1.92. The van der Waals surface area contributed by atoms with Gasteiger partial charge in [0, 0.05) is 19.0 Å². The molecule has 0 bridgehead atoms. The molecule has 0 aromatic rings. The van der Waals surface area contributed by atoms with Gasteiger partial charge >= 0.3 is 0 Å². The Bertz CT molecular complexity index is 569. The maximum Gasteiger partial charge on any atom is 0.0253 e. The van der Waals surface area contributed by atoms with Crippen molar-refractivity contribution < 1.29 is 0 Å². The Morgan fingerprint density at radius 2 is 1.79 bits per heavy atom. The van der Waals surface area contributed by atoms with Crippen molar-refractivity contribution in [3.63, 3.8) is 0 Å². The average molecular weight is 327 g/mol. The van der Waals surface area contributed by atoms with Gasteiger partial charge in [-0.25, -0.2) is 0 Å². The Hall–Kier alpha value is -2.09. The molecule has 0 saturated carbocycles. The van der Waals surface area contributed by atoms with Crippen LogP contribution >= 0.6 is 0 Å². The number of allylic oxidation sites excluding steroid dienone is 11. The minimum atomic E-state index is 0.452. The van der Waals surface area contributed by atoms with Gasteiger partial charge in [0.1, 0.15) is 0 Å². The molecule has 1 unspecified atom stereocenters. The summed E-state index contributed by atoms with van der Waals surface area (Å²) >= 11 is 0. The fourth-order valence-corrected chi connectivity index (χ4v) is 2.21. The smallest absolute Gasteiger partial charge is 0.0253 e. The normalized spacial score (nSPS) is 16.0. The first-order chi connectivity index (χ1) is 11.5. The first kappa shape index (κ1) is 21.9. The minimum Gasteiger partial charge on any atom is -0.392 e. The largest absolute Gasteiger partial charge is 0.392 e. The zero-order valence-electron chi connectivity index (χ0n) is 16.2. The van der Waals surface area contributed by atoms with E-state index in [9.17, 15) is 0 Å². The van der Waals surface area contributed by atoms with Crippen LogP contribution < -0.4 is 5.32 Å². The molecule has 0 aliphatic carbocycles. The summed E-state index contributed by atoms with van der Waals surface area (Å²) in [5.41, 5.74) is 5.31. The first-order valence-electron chi connectivity index (χ1n) is 8.76. The predicted molar refractivity (Wildman–Crippen MR) is 110 cm³/mol. The highest BCUT2D eigenvalue weighted by molar-refractivity contribution is 5.84. The second kappa shape index (κ2) is 12.3. The van der Waals surface area contributed by atoms with Crippen LogP contribution in [0.4, 0.5) is 0 Å². The van der Waals surface area contributed by atoms with Gasteiger partial charge in [-0.15, -0.1) is 0 Å². The van der Waals surface area contributed by atoms with Gasteiger partial charge in [0.25, 0.3) is 0 Å². The molecule has 0 fully saturated rings. The van der Waals surface area contributed by atoms with Crippen LogP contribution in [0.1, 0.15) is 47.5 Å². The molecule has 0 saturated heterocycles. The number of hydrogen-bond donors (Lipinski definition) is 2. The second-order valence-corrected chi connectivity index (χ2v) is 5.84. The summed E-state index contributed by atoms with van der Waals surface area (Å²) in [4.78, 5) is 0. The average Bonchev–Trinajstić information content (AvgIpc) is 2.60. The van der Waals surface area contributed by atoms with Gasteiger partial charge in [-0.1, -0.05) is 58.1 Å². The van der Waals surface area contributed by atoms with Crippen LogP contribution in [0.5, 0.6) is 0 Å². The minimum absolute atomic E-state index is 0.452. The zero-order chi connectivity index (χ0) is 18.5. The predicted octanol–water partition coefficient (Wildman–Crippen LogP) is 6.13. The van der Waals surface area contributed by atoms with Gasteiger partial charge < -0.3 is 10.7 Å². The number of nitrogens with one attached hydrogen (secondary N) is 2. The lowest BCUT2D eigenvalue weighted by Crippen LogP contribution is -2.03. The van der Waals surface area contributed by atoms with E-state index in [4.69, 9.17) is 5.41 Å². The van der Waals surface area contributed by atoms with E-state index in [0.717, 1.165) is 40.8 Å². The second-order valence-electron chi connectivity index (χ2n) is 5.84. The third kappa shape index (κ3) is 7.45. The van der Waals surface area contributed by atoms with Gasteiger partial charge in [-0.2, -0.15) is 0 Å². The van der Waals surface area contributed by atoms with Crippen LogP contribution in [0.2, 0.25) is 0 Å². The highest BCUT2D eigenvalue weighted by Gasteiger charge is 2.06. The topological polar surface area (TPSA) is 35.9 Å². The van der Waals surface area contributed by atoms with Crippen LogP contribution in [0.25, 0.3) is 0 Å². The highest BCUT2D eigenvalue weighted by Crippen LogP contribution is 2.22. The Morgan fingerprint density at radius 1 is 1.12 bits per heavy atom. The molecule has 0 heterocycles. The van der Waals surface area contributed by atoms with E-state index in [-0.39, 0.29) is 0 Å². The van der Waals surface area contributed by atoms with Crippen LogP contribution in [0, 0.1) is 11.3 Å². The van der Waals surface area contributed by atoms with Gasteiger partial charge in [0.2, 0.25) is 0 Å². The molecule has 1 atom stereocenters. The summed E-state index contributed by atoms with van der Waals surface area (Å²) in [6, 6.07) is 0. The molecule has 0 aromatic heterocycles. The lowest BCUT2D eigenvalue weighted by molar-refractivity contribution is 0.696. The Labute approximate surface area is 149 Å². The van der Waals surface area contributed by atoms with Gasteiger partial charge in [-0.05, 0) is 60.6 Å². The highest BCUT2D eigenvalue weighted by atomic mass is 14.8. The van der Waals surface area contributed by atoms with Crippen molar-refractivity contribution in [2.24, 2.45) is 5.92 Å². The molecule has 0 aromatic carbocycles. The fraction of sp³-hybridized carbons (Fsp3) is 0.409. The molecular formula is C22H34N2. The maximum absolute atomic E-state index is 7.79. The van der Waals surface area contributed by atoms with Gasteiger partial charge in [-0.3, -0.25) is 0 Å². The Morgan fingerprint density at radius 3 is 2.21 bits per heavy atom. The molecule has 0 rings (SSSR count).